The Morgan fingerprint density at radius 3 is 2.86 bits per heavy atom. The Balaban J connectivity index is 1.41. The number of ether oxygens (including phenoxy) is 2. The fourth-order valence-electron chi connectivity index (χ4n) is 2.86. The predicted octanol–water partition coefficient (Wildman–Crippen LogP) is 3.07. The normalized spacial score (nSPS) is 16.0. The number of hydrogen-bond acceptors (Lipinski definition) is 6. The Kier molecular flexibility index (Phi) is 5.94. The lowest BCUT2D eigenvalue weighted by molar-refractivity contribution is 0.0949. The van der Waals surface area contributed by atoms with Crippen molar-refractivity contribution in [3.8, 4) is 11.6 Å². The van der Waals surface area contributed by atoms with Gasteiger partial charge in [0.25, 0.3) is 5.91 Å². The molecule has 1 aliphatic rings. The molecule has 0 spiro atoms. The number of rotatable bonds is 6. The van der Waals surface area contributed by atoms with E-state index in [4.69, 9.17) is 32.7 Å². The topological polar surface area (TPSA) is 91.2 Å². The lowest BCUT2D eigenvalue weighted by atomic mass is 10.2. The van der Waals surface area contributed by atoms with Gasteiger partial charge in [0.1, 0.15) is 17.5 Å². The largest absolute Gasteiger partial charge is 0.471 e. The maximum atomic E-state index is 12.5. The maximum absolute atomic E-state index is 12.5. The van der Waals surface area contributed by atoms with Gasteiger partial charge in [0.05, 0.1) is 25.3 Å². The van der Waals surface area contributed by atoms with Crippen LogP contribution in [0.3, 0.4) is 0 Å². The molecule has 1 amide bonds. The number of carbonyl (C=O) groups excluding carboxylic acids is 1. The first kappa shape index (κ1) is 19.6. The van der Waals surface area contributed by atoms with E-state index in [1.807, 2.05) is 12.1 Å². The average molecular weight is 434 g/mol. The number of amides is 1. The minimum Gasteiger partial charge on any atom is -0.471 e. The molecule has 1 N–H and O–H groups in total. The number of nitrogens with one attached hydrogen (secondary N) is 1. The molecule has 1 atom stereocenters. The first-order chi connectivity index (χ1) is 14.1. The van der Waals surface area contributed by atoms with E-state index in [1.54, 1.807) is 23.0 Å². The third-order valence-corrected chi connectivity index (χ3v) is 4.89. The van der Waals surface area contributed by atoms with E-state index in [-0.39, 0.29) is 23.6 Å². The zero-order valence-corrected chi connectivity index (χ0v) is 16.7. The highest BCUT2D eigenvalue weighted by Crippen LogP contribution is 2.25. The van der Waals surface area contributed by atoms with Crippen LogP contribution in [0, 0.1) is 0 Å². The molecular weight excluding hydrogens is 417 g/mol. The average Bonchev–Trinajstić information content (AvgIpc) is 3.40. The van der Waals surface area contributed by atoms with Gasteiger partial charge in [0.15, 0.2) is 5.82 Å². The Morgan fingerprint density at radius 1 is 1.31 bits per heavy atom. The van der Waals surface area contributed by atoms with E-state index in [9.17, 15) is 4.79 Å². The lowest BCUT2D eigenvalue weighted by Crippen LogP contribution is -2.25. The van der Waals surface area contributed by atoms with Crippen molar-refractivity contribution < 1.29 is 14.3 Å². The molecule has 29 heavy (non-hydrogen) atoms. The molecule has 0 bridgehead atoms. The van der Waals surface area contributed by atoms with Crippen molar-refractivity contribution in [3.05, 3.63) is 64.3 Å². The van der Waals surface area contributed by atoms with Crippen molar-refractivity contribution in [1.82, 2.24) is 25.1 Å². The molecule has 8 nitrogen and oxygen atoms in total. The first-order valence-electron chi connectivity index (χ1n) is 8.93. The van der Waals surface area contributed by atoms with Crippen LogP contribution in [0.5, 0.6) is 5.88 Å². The summed E-state index contributed by atoms with van der Waals surface area (Å²) in [6.07, 6.45) is 3.71. The minimum absolute atomic E-state index is 0.0705. The van der Waals surface area contributed by atoms with Crippen molar-refractivity contribution in [2.45, 2.75) is 19.1 Å². The number of carbonyl (C=O) groups is 1. The number of halogens is 2. The molecule has 0 saturated carbocycles. The second-order valence-corrected chi connectivity index (χ2v) is 7.23. The van der Waals surface area contributed by atoms with E-state index < -0.39 is 0 Å². The Hall–Kier alpha value is -2.68. The van der Waals surface area contributed by atoms with Gasteiger partial charge in [0.2, 0.25) is 5.88 Å². The molecule has 10 heteroatoms. The molecule has 3 aromatic rings. The molecule has 1 aromatic carbocycles. The fraction of sp³-hybridized carbons (Fsp3) is 0.263. The number of pyridine rings is 1. The third kappa shape index (κ3) is 4.67. The SMILES string of the molecule is O=C(NCc1nncn1-c1ccc(Cl)cc1)c1cnc(OC2CCOC2)c(Cl)c1. The molecule has 1 aliphatic heterocycles. The Labute approximate surface area is 176 Å². The van der Waals surface area contributed by atoms with Crippen molar-refractivity contribution in [2.75, 3.05) is 13.2 Å². The predicted molar refractivity (Wildman–Crippen MR) is 107 cm³/mol. The summed E-state index contributed by atoms with van der Waals surface area (Å²) in [5, 5.41) is 11.7. The van der Waals surface area contributed by atoms with E-state index in [2.05, 4.69) is 20.5 Å². The third-order valence-electron chi connectivity index (χ3n) is 4.37. The zero-order chi connectivity index (χ0) is 20.2. The van der Waals surface area contributed by atoms with Gasteiger partial charge in [-0.2, -0.15) is 0 Å². The van der Waals surface area contributed by atoms with Gasteiger partial charge in [-0.3, -0.25) is 9.36 Å². The van der Waals surface area contributed by atoms with E-state index in [1.165, 1.54) is 12.3 Å². The highest BCUT2D eigenvalue weighted by molar-refractivity contribution is 6.32. The van der Waals surface area contributed by atoms with Crippen LogP contribution in [0.2, 0.25) is 10.0 Å². The molecule has 0 radical (unpaired) electrons. The molecule has 1 saturated heterocycles. The summed E-state index contributed by atoms with van der Waals surface area (Å²) in [5.74, 6) is 0.530. The van der Waals surface area contributed by atoms with Crippen molar-refractivity contribution in [3.63, 3.8) is 0 Å². The summed E-state index contributed by atoms with van der Waals surface area (Å²) in [6.45, 7) is 1.34. The molecule has 4 rings (SSSR count). The molecule has 3 heterocycles. The van der Waals surface area contributed by atoms with Gasteiger partial charge >= 0.3 is 0 Å². The quantitative estimate of drug-likeness (QED) is 0.642. The molecule has 2 aromatic heterocycles. The molecule has 1 unspecified atom stereocenters. The van der Waals surface area contributed by atoms with Crippen LogP contribution >= 0.6 is 23.2 Å². The van der Waals surface area contributed by atoms with Crippen LogP contribution in [-0.2, 0) is 11.3 Å². The van der Waals surface area contributed by atoms with E-state index in [0.29, 0.717) is 35.5 Å². The van der Waals surface area contributed by atoms with Gasteiger partial charge in [-0.15, -0.1) is 10.2 Å². The lowest BCUT2D eigenvalue weighted by Gasteiger charge is -2.13. The van der Waals surface area contributed by atoms with Gasteiger partial charge in [-0.1, -0.05) is 23.2 Å². The van der Waals surface area contributed by atoms with Crippen molar-refractivity contribution in [1.29, 1.82) is 0 Å². The van der Waals surface area contributed by atoms with Crippen molar-refractivity contribution in [2.24, 2.45) is 0 Å². The number of nitrogens with zero attached hydrogens (tertiary/aromatic N) is 4. The smallest absolute Gasteiger partial charge is 0.253 e. The van der Waals surface area contributed by atoms with Gasteiger partial charge in [-0.05, 0) is 30.3 Å². The molecular formula is C19H17Cl2N5O3. The summed E-state index contributed by atoms with van der Waals surface area (Å²) in [5.41, 5.74) is 1.16. The Morgan fingerprint density at radius 2 is 2.14 bits per heavy atom. The second-order valence-electron chi connectivity index (χ2n) is 6.39. The maximum Gasteiger partial charge on any atom is 0.253 e. The van der Waals surface area contributed by atoms with Gasteiger partial charge < -0.3 is 14.8 Å². The highest BCUT2D eigenvalue weighted by Gasteiger charge is 2.20. The number of aromatic nitrogens is 4. The molecule has 150 valence electrons. The van der Waals surface area contributed by atoms with Gasteiger partial charge in [-0.25, -0.2) is 4.98 Å². The summed E-state index contributed by atoms with van der Waals surface area (Å²) >= 11 is 12.1. The second kappa shape index (κ2) is 8.77. The molecule has 0 aliphatic carbocycles. The summed E-state index contributed by atoms with van der Waals surface area (Å²) in [6, 6.07) is 8.76. The highest BCUT2D eigenvalue weighted by atomic mass is 35.5. The zero-order valence-electron chi connectivity index (χ0n) is 15.2. The number of hydrogen-bond donors (Lipinski definition) is 1. The fourth-order valence-corrected chi connectivity index (χ4v) is 3.20. The monoisotopic (exact) mass is 433 g/mol. The summed E-state index contributed by atoms with van der Waals surface area (Å²) < 4.78 is 12.7. The van der Waals surface area contributed by atoms with Crippen molar-refractivity contribution >= 4 is 29.1 Å². The summed E-state index contributed by atoms with van der Waals surface area (Å²) in [4.78, 5) is 16.7. The van der Waals surface area contributed by atoms with Gasteiger partial charge in [0, 0.05) is 23.3 Å². The van der Waals surface area contributed by atoms with Crippen LogP contribution < -0.4 is 10.1 Å². The van der Waals surface area contributed by atoms with Crippen LogP contribution in [-0.4, -0.2) is 45.0 Å². The summed E-state index contributed by atoms with van der Waals surface area (Å²) in [7, 11) is 0. The van der Waals surface area contributed by atoms with Crippen LogP contribution in [0.1, 0.15) is 22.6 Å². The van der Waals surface area contributed by atoms with Crippen LogP contribution in [0.15, 0.2) is 42.9 Å². The van der Waals surface area contributed by atoms with E-state index >= 15 is 0 Å². The standard InChI is InChI=1S/C19H17Cl2N5O3/c20-13-1-3-14(4-2-13)26-11-24-25-17(26)9-22-18(27)12-7-16(21)19(23-8-12)29-15-5-6-28-10-15/h1-4,7-8,11,15H,5-6,9-10H2,(H,22,27). The Bertz CT molecular complexity index is 1000. The molecule has 1 fully saturated rings. The van der Waals surface area contributed by atoms with Crippen LogP contribution in [0.4, 0.5) is 0 Å². The minimum atomic E-state index is -0.333. The number of benzene rings is 1. The van der Waals surface area contributed by atoms with Crippen LogP contribution in [0.25, 0.3) is 5.69 Å². The van der Waals surface area contributed by atoms with E-state index in [0.717, 1.165) is 12.1 Å². The first-order valence-corrected chi connectivity index (χ1v) is 9.69.